The number of rotatable bonds is 4. The maximum Gasteiger partial charge on any atom is 0.227 e. The Balaban J connectivity index is 3.08. The Morgan fingerprint density at radius 3 is 2.47 bits per heavy atom. The van der Waals surface area contributed by atoms with E-state index in [2.05, 4.69) is 36.1 Å². The largest absolute Gasteiger partial charge is 0.370 e. The van der Waals surface area contributed by atoms with Crippen LogP contribution in [0.15, 0.2) is 6.07 Å². The molecule has 0 saturated carbocycles. The van der Waals surface area contributed by atoms with E-state index in [1.807, 2.05) is 25.1 Å². The topological polar surface area (TPSA) is 41.1 Å². The highest BCUT2D eigenvalue weighted by molar-refractivity contribution is 5.43. The Kier molecular flexibility index (Phi) is 3.88. The van der Waals surface area contributed by atoms with E-state index in [-0.39, 0.29) is 0 Å². The monoisotopic (exact) mass is 208 g/mol. The normalized spacial score (nSPS) is 10.5. The highest BCUT2D eigenvalue weighted by atomic mass is 15.2. The van der Waals surface area contributed by atoms with Gasteiger partial charge < -0.3 is 10.2 Å². The number of anilines is 2. The predicted octanol–water partition coefficient (Wildman–Crippen LogP) is 2.10. The van der Waals surface area contributed by atoms with Crippen LogP contribution in [0.25, 0.3) is 0 Å². The van der Waals surface area contributed by atoms with Crippen molar-refractivity contribution in [2.75, 3.05) is 30.9 Å². The Morgan fingerprint density at radius 2 is 2.00 bits per heavy atom. The molecule has 0 saturated heterocycles. The molecule has 1 rings (SSSR count). The van der Waals surface area contributed by atoms with Crippen LogP contribution >= 0.6 is 0 Å². The zero-order valence-corrected chi connectivity index (χ0v) is 10.2. The maximum absolute atomic E-state index is 4.49. The Bertz CT molecular complexity index is 294. The first kappa shape index (κ1) is 11.8. The number of aromatic nitrogens is 2. The van der Waals surface area contributed by atoms with Crippen molar-refractivity contribution in [3.05, 3.63) is 11.8 Å². The van der Waals surface area contributed by atoms with Crippen LogP contribution < -0.4 is 10.2 Å². The van der Waals surface area contributed by atoms with Crippen LogP contribution in [0, 0.1) is 0 Å². The summed E-state index contributed by atoms with van der Waals surface area (Å²) in [6.07, 6.45) is 0. The molecular formula is C11H20N4. The van der Waals surface area contributed by atoms with E-state index < -0.39 is 0 Å². The van der Waals surface area contributed by atoms with E-state index in [1.165, 1.54) is 0 Å². The molecule has 0 spiro atoms. The summed E-state index contributed by atoms with van der Waals surface area (Å²) in [5.74, 6) is 2.08. The van der Waals surface area contributed by atoms with Crippen molar-refractivity contribution in [2.45, 2.75) is 26.7 Å². The van der Waals surface area contributed by atoms with E-state index in [1.54, 1.807) is 0 Å². The first-order chi connectivity index (χ1) is 7.04. The zero-order chi connectivity index (χ0) is 11.4. The molecule has 0 aliphatic heterocycles. The lowest BCUT2D eigenvalue weighted by Crippen LogP contribution is -2.15. The minimum Gasteiger partial charge on any atom is -0.370 e. The Morgan fingerprint density at radius 1 is 1.33 bits per heavy atom. The lowest BCUT2D eigenvalue weighted by molar-refractivity contribution is 0.807. The van der Waals surface area contributed by atoms with Crippen LogP contribution in [0.1, 0.15) is 32.4 Å². The van der Waals surface area contributed by atoms with Gasteiger partial charge in [-0.25, -0.2) is 4.98 Å². The molecule has 1 N–H and O–H groups in total. The molecule has 0 aliphatic carbocycles. The number of hydrogen-bond acceptors (Lipinski definition) is 4. The minimum atomic E-state index is 0.420. The maximum atomic E-state index is 4.49. The van der Waals surface area contributed by atoms with Crippen molar-refractivity contribution in [2.24, 2.45) is 0 Å². The Labute approximate surface area is 91.7 Å². The minimum absolute atomic E-state index is 0.420. The molecule has 84 valence electrons. The molecule has 0 amide bonds. The third-order valence-corrected chi connectivity index (χ3v) is 2.08. The third-order valence-electron chi connectivity index (χ3n) is 2.08. The Hall–Kier alpha value is -1.32. The smallest absolute Gasteiger partial charge is 0.227 e. The molecule has 15 heavy (non-hydrogen) atoms. The van der Waals surface area contributed by atoms with Gasteiger partial charge in [-0.05, 0) is 12.8 Å². The quantitative estimate of drug-likeness (QED) is 0.822. The van der Waals surface area contributed by atoms with Gasteiger partial charge in [-0.2, -0.15) is 4.98 Å². The molecule has 4 nitrogen and oxygen atoms in total. The van der Waals surface area contributed by atoms with Gasteiger partial charge in [0.2, 0.25) is 5.95 Å². The van der Waals surface area contributed by atoms with Gasteiger partial charge >= 0.3 is 0 Å². The molecule has 0 radical (unpaired) electrons. The lowest BCUT2D eigenvalue weighted by Gasteiger charge is -2.15. The molecular weight excluding hydrogens is 188 g/mol. The highest BCUT2D eigenvalue weighted by Gasteiger charge is 2.08. The second-order valence-corrected chi connectivity index (χ2v) is 4.06. The van der Waals surface area contributed by atoms with Crippen LogP contribution in [-0.4, -0.2) is 30.6 Å². The average molecular weight is 208 g/mol. The second-order valence-electron chi connectivity index (χ2n) is 4.06. The summed E-state index contributed by atoms with van der Waals surface area (Å²) in [4.78, 5) is 10.8. The van der Waals surface area contributed by atoms with Gasteiger partial charge in [0.15, 0.2) is 0 Å². The molecule has 4 heteroatoms. The summed E-state index contributed by atoms with van der Waals surface area (Å²) < 4.78 is 0. The van der Waals surface area contributed by atoms with Crippen LogP contribution in [0.3, 0.4) is 0 Å². The SMILES string of the molecule is CCNc1cc(C(C)C)nc(N(C)C)n1. The molecule has 0 unspecified atom stereocenters. The van der Waals surface area contributed by atoms with Crippen LogP contribution in [0.4, 0.5) is 11.8 Å². The number of nitrogens with one attached hydrogen (secondary N) is 1. The van der Waals surface area contributed by atoms with E-state index in [9.17, 15) is 0 Å². The lowest BCUT2D eigenvalue weighted by atomic mass is 10.1. The molecule has 0 atom stereocenters. The highest BCUT2D eigenvalue weighted by Crippen LogP contribution is 2.18. The van der Waals surface area contributed by atoms with Crippen LogP contribution in [0.2, 0.25) is 0 Å². The fourth-order valence-corrected chi connectivity index (χ4v) is 1.22. The molecule has 1 aromatic heterocycles. The van der Waals surface area contributed by atoms with Crippen molar-refractivity contribution in [3.63, 3.8) is 0 Å². The van der Waals surface area contributed by atoms with Crippen molar-refractivity contribution in [3.8, 4) is 0 Å². The number of nitrogens with zero attached hydrogens (tertiary/aromatic N) is 3. The summed E-state index contributed by atoms with van der Waals surface area (Å²) >= 11 is 0. The summed E-state index contributed by atoms with van der Waals surface area (Å²) in [5, 5.41) is 3.22. The summed E-state index contributed by atoms with van der Waals surface area (Å²) in [5.41, 5.74) is 1.07. The van der Waals surface area contributed by atoms with Gasteiger partial charge in [0.05, 0.1) is 5.69 Å². The molecule has 1 aromatic rings. The fourth-order valence-electron chi connectivity index (χ4n) is 1.22. The van der Waals surface area contributed by atoms with Gasteiger partial charge in [-0.1, -0.05) is 13.8 Å². The molecule has 1 heterocycles. The average Bonchev–Trinajstić information content (AvgIpc) is 2.17. The fraction of sp³-hybridized carbons (Fsp3) is 0.636. The van der Waals surface area contributed by atoms with E-state index in [0.29, 0.717) is 5.92 Å². The molecule has 0 aromatic carbocycles. The van der Waals surface area contributed by atoms with Crippen molar-refractivity contribution in [1.82, 2.24) is 9.97 Å². The third kappa shape index (κ3) is 3.08. The molecule has 0 aliphatic rings. The molecule has 0 fully saturated rings. The van der Waals surface area contributed by atoms with E-state index >= 15 is 0 Å². The first-order valence-corrected chi connectivity index (χ1v) is 5.34. The summed E-state index contributed by atoms with van der Waals surface area (Å²) in [6.45, 7) is 7.21. The van der Waals surface area contributed by atoms with Gasteiger partial charge in [-0.15, -0.1) is 0 Å². The second kappa shape index (κ2) is 4.96. The summed E-state index contributed by atoms with van der Waals surface area (Å²) in [6, 6.07) is 2.02. The van der Waals surface area contributed by atoms with Gasteiger partial charge in [0, 0.05) is 26.7 Å². The first-order valence-electron chi connectivity index (χ1n) is 5.34. The van der Waals surface area contributed by atoms with Gasteiger partial charge in [0.1, 0.15) is 5.82 Å². The van der Waals surface area contributed by atoms with Gasteiger partial charge in [0.25, 0.3) is 0 Å². The predicted molar refractivity (Wildman–Crippen MR) is 64.6 cm³/mol. The van der Waals surface area contributed by atoms with Crippen molar-refractivity contribution >= 4 is 11.8 Å². The standard InChI is InChI=1S/C11H20N4/c1-6-12-10-7-9(8(2)3)13-11(14-10)15(4)5/h7-8H,6H2,1-5H3,(H,12,13,14). The van der Waals surface area contributed by atoms with E-state index in [4.69, 9.17) is 0 Å². The zero-order valence-electron chi connectivity index (χ0n) is 10.2. The van der Waals surface area contributed by atoms with Gasteiger partial charge in [-0.3, -0.25) is 0 Å². The van der Waals surface area contributed by atoms with Crippen molar-refractivity contribution < 1.29 is 0 Å². The van der Waals surface area contributed by atoms with E-state index in [0.717, 1.165) is 24.0 Å². The molecule has 0 bridgehead atoms. The van der Waals surface area contributed by atoms with Crippen molar-refractivity contribution in [1.29, 1.82) is 0 Å². The number of hydrogen-bond donors (Lipinski definition) is 1. The van der Waals surface area contributed by atoms with Crippen LogP contribution in [0.5, 0.6) is 0 Å². The van der Waals surface area contributed by atoms with Crippen LogP contribution in [-0.2, 0) is 0 Å². The summed E-state index contributed by atoms with van der Waals surface area (Å²) in [7, 11) is 3.91.